The summed E-state index contributed by atoms with van der Waals surface area (Å²) in [5.74, 6) is 2.11. The fraction of sp³-hybridized carbons (Fsp3) is 0.350. The number of halogens is 1. The molecule has 0 unspecified atom stereocenters. The molecule has 0 atom stereocenters. The summed E-state index contributed by atoms with van der Waals surface area (Å²) in [6, 6.07) is 11.1. The smallest absolute Gasteiger partial charge is 0.232 e. The quantitative estimate of drug-likeness (QED) is 0.758. The van der Waals surface area contributed by atoms with Gasteiger partial charge in [-0.25, -0.2) is 0 Å². The summed E-state index contributed by atoms with van der Waals surface area (Å²) in [6.07, 6.45) is 1.06. The number of phenols is 1. The van der Waals surface area contributed by atoms with Crippen LogP contribution in [0.2, 0.25) is 5.02 Å². The van der Waals surface area contributed by atoms with Crippen LogP contribution in [0.1, 0.15) is 18.9 Å². The second-order valence-corrected chi connectivity index (χ2v) is 7.75. The number of fused-ring (bicyclic) bond motifs is 1. The zero-order valence-electron chi connectivity index (χ0n) is 14.7. The zero-order chi connectivity index (χ0) is 18.5. The number of amides is 1. The minimum Gasteiger partial charge on any atom is -0.504 e. The van der Waals surface area contributed by atoms with Crippen molar-refractivity contribution in [1.29, 1.82) is 0 Å². The van der Waals surface area contributed by atoms with Crippen LogP contribution in [0.25, 0.3) is 11.1 Å². The summed E-state index contributed by atoms with van der Waals surface area (Å²) in [6.45, 7) is 3.43. The Balaban J connectivity index is 1.86. The third-order valence-corrected chi connectivity index (χ3v) is 5.58. The molecule has 0 spiro atoms. The van der Waals surface area contributed by atoms with Gasteiger partial charge in [-0.05, 0) is 47.6 Å². The molecule has 0 bridgehead atoms. The highest BCUT2D eigenvalue weighted by atomic mass is 35.5. The van der Waals surface area contributed by atoms with Crippen molar-refractivity contribution in [3.05, 3.63) is 47.0 Å². The van der Waals surface area contributed by atoms with Gasteiger partial charge in [0.05, 0.1) is 12.3 Å². The molecule has 138 valence electrons. The van der Waals surface area contributed by atoms with Gasteiger partial charge in [-0.2, -0.15) is 11.8 Å². The van der Waals surface area contributed by atoms with Crippen LogP contribution in [0.5, 0.6) is 11.5 Å². The lowest BCUT2D eigenvalue weighted by molar-refractivity contribution is -0.129. The van der Waals surface area contributed by atoms with Gasteiger partial charge in [-0.15, -0.1) is 0 Å². The van der Waals surface area contributed by atoms with Crippen LogP contribution < -0.4 is 4.74 Å². The molecule has 0 radical (unpaired) electrons. The minimum absolute atomic E-state index is 0.0899. The van der Waals surface area contributed by atoms with Gasteiger partial charge in [0, 0.05) is 17.1 Å². The number of hydrogen-bond donors (Lipinski definition) is 1. The monoisotopic (exact) mass is 391 g/mol. The van der Waals surface area contributed by atoms with E-state index in [0.29, 0.717) is 36.2 Å². The highest BCUT2D eigenvalue weighted by molar-refractivity contribution is 7.99. The van der Waals surface area contributed by atoms with Crippen molar-refractivity contribution < 1.29 is 14.6 Å². The Morgan fingerprint density at radius 2 is 2.15 bits per heavy atom. The van der Waals surface area contributed by atoms with Crippen LogP contribution in [0.15, 0.2) is 36.4 Å². The SMILES string of the molecule is CCCSCC(=O)N1CCOc2c(O)cc(-c3cccc(Cl)c3)cc2C1. The van der Waals surface area contributed by atoms with E-state index in [9.17, 15) is 9.90 Å². The molecule has 1 aliphatic heterocycles. The first-order chi connectivity index (χ1) is 12.6. The Morgan fingerprint density at radius 1 is 1.31 bits per heavy atom. The van der Waals surface area contributed by atoms with Crippen molar-refractivity contribution in [2.45, 2.75) is 19.9 Å². The van der Waals surface area contributed by atoms with Gasteiger partial charge in [0.25, 0.3) is 0 Å². The van der Waals surface area contributed by atoms with Crippen LogP contribution in [-0.4, -0.2) is 40.6 Å². The van der Waals surface area contributed by atoms with E-state index in [4.69, 9.17) is 16.3 Å². The minimum atomic E-state index is 0.0899. The van der Waals surface area contributed by atoms with Crippen molar-refractivity contribution >= 4 is 29.3 Å². The molecule has 2 aromatic carbocycles. The van der Waals surface area contributed by atoms with Gasteiger partial charge >= 0.3 is 0 Å². The van der Waals surface area contributed by atoms with Crippen molar-refractivity contribution in [2.75, 3.05) is 24.7 Å². The third kappa shape index (κ3) is 4.46. The number of benzene rings is 2. The molecule has 0 fully saturated rings. The first-order valence-electron chi connectivity index (χ1n) is 8.68. The first-order valence-corrected chi connectivity index (χ1v) is 10.2. The second-order valence-electron chi connectivity index (χ2n) is 6.21. The van der Waals surface area contributed by atoms with Crippen molar-refractivity contribution in [3.8, 4) is 22.6 Å². The van der Waals surface area contributed by atoms with Gasteiger partial charge < -0.3 is 14.7 Å². The number of phenolic OH excluding ortho intramolecular Hbond substituents is 1. The van der Waals surface area contributed by atoms with E-state index < -0.39 is 0 Å². The lowest BCUT2D eigenvalue weighted by atomic mass is 10.0. The lowest BCUT2D eigenvalue weighted by Crippen LogP contribution is -2.33. The van der Waals surface area contributed by atoms with E-state index in [2.05, 4.69) is 6.92 Å². The molecule has 6 heteroatoms. The molecular formula is C20H22ClNO3S. The molecule has 0 aliphatic carbocycles. The fourth-order valence-electron chi connectivity index (χ4n) is 2.94. The molecule has 3 rings (SSSR count). The highest BCUT2D eigenvalue weighted by Crippen LogP contribution is 2.38. The van der Waals surface area contributed by atoms with Crippen molar-refractivity contribution in [1.82, 2.24) is 4.90 Å². The fourth-order valence-corrected chi connectivity index (χ4v) is 3.92. The van der Waals surface area contributed by atoms with E-state index >= 15 is 0 Å². The average Bonchev–Trinajstić information content (AvgIpc) is 2.85. The Hall–Kier alpha value is -1.85. The standard InChI is InChI=1S/C20H22ClNO3S/c1-2-8-26-13-19(24)22-6-7-25-20-16(12-22)9-15(11-18(20)23)14-4-3-5-17(21)10-14/h3-5,9-11,23H,2,6-8,12-13H2,1H3. The molecular weight excluding hydrogens is 370 g/mol. The Labute approximate surface area is 163 Å². The van der Waals surface area contributed by atoms with E-state index in [0.717, 1.165) is 28.9 Å². The molecule has 1 amide bonds. The zero-order valence-corrected chi connectivity index (χ0v) is 16.3. The average molecular weight is 392 g/mol. The van der Waals surface area contributed by atoms with Gasteiger partial charge in [-0.3, -0.25) is 4.79 Å². The molecule has 1 N–H and O–H groups in total. The van der Waals surface area contributed by atoms with Crippen LogP contribution in [-0.2, 0) is 11.3 Å². The predicted molar refractivity (Wildman–Crippen MR) is 107 cm³/mol. The Bertz CT molecular complexity index is 797. The summed E-state index contributed by atoms with van der Waals surface area (Å²) in [5, 5.41) is 11.1. The number of aromatic hydroxyl groups is 1. The van der Waals surface area contributed by atoms with Crippen LogP contribution in [0.3, 0.4) is 0 Å². The maximum atomic E-state index is 12.5. The molecule has 1 heterocycles. The Morgan fingerprint density at radius 3 is 2.92 bits per heavy atom. The molecule has 26 heavy (non-hydrogen) atoms. The predicted octanol–water partition coefficient (Wildman–Crippen LogP) is 4.58. The summed E-state index contributed by atoms with van der Waals surface area (Å²) in [4.78, 5) is 14.3. The topological polar surface area (TPSA) is 49.8 Å². The molecule has 4 nitrogen and oxygen atoms in total. The van der Waals surface area contributed by atoms with Gasteiger partial charge in [0.2, 0.25) is 5.91 Å². The van der Waals surface area contributed by atoms with E-state index in [1.54, 1.807) is 22.7 Å². The van der Waals surface area contributed by atoms with Crippen LogP contribution >= 0.6 is 23.4 Å². The van der Waals surface area contributed by atoms with Crippen LogP contribution in [0.4, 0.5) is 0 Å². The van der Waals surface area contributed by atoms with E-state index in [1.807, 2.05) is 30.3 Å². The number of thioether (sulfide) groups is 1. The van der Waals surface area contributed by atoms with Crippen molar-refractivity contribution in [2.24, 2.45) is 0 Å². The summed E-state index contributed by atoms with van der Waals surface area (Å²) < 4.78 is 5.72. The maximum absolute atomic E-state index is 12.5. The van der Waals surface area contributed by atoms with Crippen molar-refractivity contribution in [3.63, 3.8) is 0 Å². The molecule has 0 saturated heterocycles. The van der Waals surface area contributed by atoms with Gasteiger partial charge in [0.15, 0.2) is 11.5 Å². The number of carbonyl (C=O) groups is 1. The lowest BCUT2D eigenvalue weighted by Gasteiger charge is -2.20. The number of nitrogens with zero attached hydrogens (tertiary/aromatic N) is 1. The largest absolute Gasteiger partial charge is 0.504 e. The van der Waals surface area contributed by atoms with Gasteiger partial charge in [0.1, 0.15) is 6.61 Å². The van der Waals surface area contributed by atoms with Crippen LogP contribution in [0, 0.1) is 0 Å². The number of ether oxygens (including phenoxy) is 1. The van der Waals surface area contributed by atoms with Gasteiger partial charge in [-0.1, -0.05) is 30.7 Å². The Kier molecular flexibility index (Phi) is 6.33. The molecule has 0 aromatic heterocycles. The number of hydrogen-bond acceptors (Lipinski definition) is 4. The van der Waals surface area contributed by atoms with E-state index in [-0.39, 0.29) is 11.7 Å². The second kappa shape index (κ2) is 8.69. The molecule has 0 saturated carbocycles. The molecule has 2 aromatic rings. The summed E-state index contributed by atoms with van der Waals surface area (Å²) >= 11 is 7.74. The highest BCUT2D eigenvalue weighted by Gasteiger charge is 2.22. The first kappa shape index (κ1) is 18.9. The number of rotatable bonds is 5. The third-order valence-electron chi connectivity index (χ3n) is 4.20. The normalized spacial score (nSPS) is 13.7. The number of carbonyl (C=O) groups excluding carboxylic acids is 1. The van der Waals surface area contributed by atoms with E-state index in [1.165, 1.54) is 0 Å². The maximum Gasteiger partial charge on any atom is 0.232 e. The summed E-state index contributed by atoms with van der Waals surface area (Å²) in [5.41, 5.74) is 2.57. The summed E-state index contributed by atoms with van der Waals surface area (Å²) in [7, 11) is 0. The molecule has 1 aliphatic rings.